The van der Waals surface area contributed by atoms with Crippen LogP contribution in [0.4, 0.5) is 0 Å². The van der Waals surface area contributed by atoms with Gasteiger partial charge in [0, 0.05) is 29.2 Å². The third kappa shape index (κ3) is 4.23. The number of carbonyl (C=O) groups is 1. The lowest BCUT2D eigenvalue weighted by Gasteiger charge is -2.35. The quantitative estimate of drug-likeness (QED) is 0.386. The highest BCUT2D eigenvalue weighted by molar-refractivity contribution is 5.93. The summed E-state index contributed by atoms with van der Waals surface area (Å²) in [4.78, 5) is 19.1. The van der Waals surface area contributed by atoms with Gasteiger partial charge in [0.25, 0.3) is 0 Å². The van der Waals surface area contributed by atoms with Crippen molar-refractivity contribution in [3.05, 3.63) is 95.2 Å². The fourth-order valence-corrected chi connectivity index (χ4v) is 4.83. The molecule has 0 saturated heterocycles. The molecule has 1 atom stereocenters. The van der Waals surface area contributed by atoms with Crippen molar-refractivity contribution < 1.29 is 19.0 Å². The Labute approximate surface area is 204 Å². The van der Waals surface area contributed by atoms with Crippen LogP contribution < -0.4 is 14.2 Å². The minimum Gasteiger partial charge on any atom is -0.497 e. The molecule has 1 N–H and O–H groups in total. The SMILES string of the molecule is COc1ccc(C2c3[nH]c4ccccc4c3CCN2C(=O)/C=C/c2ccc(OC)c(OC)c2)cc1. The molecule has 0 spiro atoms. The first-order valence-electron chi connectivity index (χ1n) is 11.6. The third-order valence-electron chi connectivity index (χ3n) is 6.58. The summed E-state index contributed by atoms with van der Waals surface area (Å²) in [5.41, 5.74) is 5.32. The number of carbonyl (C=O) groups excluding carboxylic acids is 1. The number of benzene rings is 3. The number of ether oxygens (including phenoxy) is 3. The Morgan fingerprint density at radius 2 is 1.71 bits per heavy atom. The smallest absolute Gasteiger partial charge is 0.247 e. The first kappa shape index (κ1) is 22.6. The molecule has 0 fully saturated rings. The number of para-hydroxylation sites is 1. The molecule has 2 heterocycles. The Kier molecular flexibility index (Phi) is 6.19. The van der Waals surface area contributed by atoms with Crippen LogP contribution in [-0.2, 0) is 11.2 Å². The molecule has 0 radical (unpaired) electrons. The molecule has 6 heteroatoms. The van der Waals surface area contributed by atoms with Crippen molar-refractivity contribution in [2.75, 3.05) is 27.9 Å². The minimum absolute atomic E-state index is 0.0510. The predicted octanol–water partition coefficient (Wildman–Crippen LogP) is 5.38. The number of fused-ring (bicyclic) bond motifs is 3. The number of hydrogen-bond donors (Lipinski definition) is 1. The van der Waals surface area contributed by atoms with E-state index in [-0.39, 0.29) is 11.9 Å². The molecular weight excluding hydrogens is 440 g/mol. The van der Waals surface area contributed by atoms with E-state index in [0.717, 1.165) is 34.5 Å². The molecule has 5 rings (SSSR count). The molecule has 1 aliphatic rings. The van der Waals surface area contributed by atoms with Gasteiger partial charge in [-0.3, -0.25) is 4.79 Å². The maximum absolute atomic E-state index is 13.5. The Balaban J connectivity index is 1.51. The van der Waals surface area contributed by atoms with Gasteiger partial charge in [-0.15, -0.1) is 0 Å². The van der Waals surface area contributed by atoms with Gasteiger partial charge in [-0.1, -0.05) is 36.4 Å². The summed E-state index contributed by atoms with van der Waals surface area (Å²) in [6.07, 6.45) is 4.24. The van der Waals surface area contributed by atoms with Crippen molar-refractivity contribution in [3.8, 4) is 17.2 Å². The highest BCUT2D eigenvalue weighted by atomic mass is 16.5. The van der Waals surface area contributed by atoms with Gasteiger partial charge in [-0.2, -0.15) is 0 Å². The standard InChI is InChI=1S/C29H28N2O4/c1-33-21-12-10-20(11-13-21)29-28-23(22-6-4-5-7-24(22)30-28)16-17-31(29)27(32)15-9-19-8-14-25(34-2)26(18-19)35-3/h4-15,18,29-30H,16-17H2,1-3H3/b15-9+. The molecular formula is C29H28N2O4. The molecule has 0 bridgehead atoms. The molecule has 1 aliphatic heterocycles. The summed E-state index contributed by atoms with van der Waals surface area (Å²) < 4.78 is 16.1. The van der Waals surface area contributed by atoms with E-state index in [2.05, 4.69) is 23.2 Å². The number of rotatable bonds is 6. The average molecular weight is 469 g/mol. The van der Waals surface area contributed by atoms with Crippen molar-refractivity contribution in [2.45, 2.75) is 12.5 Å². The van der Waals surface area contributed by atoms with E-state index in [9.17, 15) is 4.79 Å². The summed E-state index contributed by atoms with van der Waals surface area (Å²) in [6.45, 7) is 0.626. The number of hydrogen-bond acceptors (Lipinski definition) is 4. The molecule has 4 aromatic rings. The van der Waals surface area contributed by atoms with E-state index < -0.39 is 0 Å². The van der Waals surface area contributed by atoms with Crippen LogP contribution in [0, 0.1) is 0 Å². The Hall–Kier alpha value is -4.19. The van der Waals surface area contributed by atoms with E-state index in [1.807, 2.05) is 59.5 Å². The molecule has 178 valence electrons. The molecule has 35 heavy (non-hydrogen) atoms. The second-order valence-electron chi connectivity index (χ2n) is 8.47. The number of methoxy groups -OCH3 is 3. The zero-order valence-corrected chi connectivity index (χ0v) is 20.1. The van der Waals surface area contributed by atoms with E-state index in [0.29, 0.717) is 18.0 Å². The molecule has 1 aromatic heterocycles. The number of H-pyrrole nitrogens is 1. The second-order valence-corrected chi connectivity index (χ2v) is 8.47. The van der Waals surface area contributed by atoms with Crippen LogP contribution in [0.2, 0.25) is 0 Å². The summed E-state index contributed by atoms with van der Waals surface area (Å²) in [7, 11) is 4.85. The maximum atomic E-state index is 13.5. The van der Waals surface area contributed by atoms with Gasteiger partial charge in [0.15, 0.2) is 11.5 Å². The van der Waals surface area contributed by atoms with Crippen LogP contribution in [0.1, 0.15) is 28.4 Å². The van der Waals surface area contributed by atoms with E-state index in [1.165, 1.54) is 10.9 Å². The number of aromatic amines is 1. The Bertz CT molecular complexity index is 1390. The van der Waals surface area contributed by atoms with E-state index in [4.69, 9.17) is 14.2 Å². The summed E-state index contributed by atoms with van der Waals surface area (Å²) >= 11 is 0. The van der Waals surface area contributed by atoms with Gasteiger partial charge in [0.05, 0.1) is 27.4 Å². The number of nitrogens with one attached hydrogen (secondary N) is 1. The average Bonchev–Trinajstić information content (AvgIpc) is 3.29. The molecule has 6 nitrogen and oxygen atoms in total. The normalized spacial score (nSPS) is 15.3. The molecule has 3 aromatic carbocycles. The first-order chi connectivity index (χ1) is 17.1. The Morgan fingerprint density at radius 3 is 2.46 bits per heavy atom. The second kappa shape index (κ2) is 9.58. The van der Waals surface area contributed by atoms with Gasteiger partial charge in [-0.25, -0.2) is 0 Å². The van der Waals surface area contributed by atoms with Crippen LogP contribution in [0.25, 0.3) is 17.0 Å². The van der Waals surface area contributed by atoms with Crippen LogP contribution >= 0.6 is 0 Å². The lowest BCUT2D eigenvalue weighted by molar-refractivity contribution is -0.128. The highest BCUT2D eigenvalue weighted by Crippen LogP contribution is 2.39. The minimum atomic E-state index is -0.223. The van der Waals surface area contributed by atoms with Crippen molar-refractivity contribution in [2.24, 2.45) is 0 Å². The third-order valence-corrected chi connectivity index (χ3v) is 6.58. The van der Waals surface area contributed by atoms with Gasteiger partial charge < -0.3 is 24.1 Å². The van der Waals surface area contributed by atoms with Crippen LogP contribution in [0.5, 0.6) is 17.2 Å². The van der Waals surface area contributed by atoms with Crippen LogP contribution in [-0.4, -0.2) is 43.7 Å². The van der Waals surface area contributed by atoms with E-state index in [1.54, 1.807) is 27.4 Å². The van der Waals surface area contributed by atoms with Gasteiger partial charge in [-0.05, 0) is 59.5 Å². The largest absolute Gasteiger partial charge is 0.497 e. The predicted molar refractivity (Wildman–Crippen MR) is 137 cm³/mol. The van der Waals surface area contributed by atoms with Crippen molar-refractivity contribution in [1.29, 1.82) is 0 Å². The van der Waals surface area contributed by atoms with Gasteiger partial charge in [0.1, 0.15) is 5.75 Å². The number of aromatic nitrogens is 1. The van der Waals surface area contributed by atoms with Crippen molar-refractivity contribution in [1.82, 2.24) is 9.88 Å². The molecule has 0 aliphatic carbocycles. The molecule has 1 unspecified atom stereocenters. The van der Waals surface area contributed by atoms with Crippen LogP contribution in [0.3, 0.4) is 0 Å². The Morgan fingerprint density at radius 1 is 0.943 bits per heavy atom. The van der Waals surface area contributed by atoms with Crippen LogP contribution in [0.15, 0.2) is 72.8 Å². The fourth-order valence-electron chi connectivity index (χ4n) is 4.83. The van der Waals surface area contributed by atoms with Gasteiger partial charge >= 0.3 is 0 Å². The van der Waals surface area contributed by atoms with Crippen molar-refractivity contribution in [3.63, 3.8) is 0 Å². The fraction of sp³-hybridized carbons (Fsp3) is 0.207. The summed E-state index contributed by atoms with van der Waals surface area (Å²) in [6, 6.07) is 21.6. The lowest BCUT2D eigenvalue weighted by Crippen LogP contribution is -2.39. The maximum Gasteiger partial charge on any atom is 0.247 e. The number of nitrogens with zero attached hydrogens (tertiary/aromatic N) is 1. The summed E-state index contributed by atoms with van der Waals surface area (Å²) in [5, 5.41) is 1.22. The molecule has 0 saturated carbocycles. The highest BCUT2D eigenvalue weighted by Gasteiger charge is 2.33. The summed E-state index contributed by atoms with van der Waals surface area (Å²) in [5.74, 6) is 2.01. The monoisotopic (exact) mass is 468 g/mol. The zero-order chi connectivity index (χ0) is 24.4. The van der Waals surface area contributed by atoms with Gasteiger partial charge in [0.2, 0.25) is 5.91 Å². The zero-order valence-electron chi connectivity index (χ0n) is 20.1. The number of amides is 1. The van der Waals surface area contributed by atoms with Crippen molar-refractivity contribution >= 4 is 22.9 Å². The molecule has 1 amide bonds. The van der Waals surface area contributed by atoms with E-state index >= 15 is 0 Å². The first-order valence-corrected chi connectivity index (χ1v) is 11.6. The topological polar surface area (TPSA) is 63.8 Å². The lowest BCUT2D eigenvalue weighted by atomic mass is 9.92.